The van der Waals surface area contributed by atoms with Crippen LogP contribution >= 0.6 is 11.3 Å². The molecule has 0 unspecified atom stereocenters. The van der Waals surface area contributed by atoms with Crippen LogP contribution in [0.5, 0.6) is 0 Å². The first-order valence-electron chi connectivity index (χ1n) is 14.7. The number of fused-ring (bicyclic) bond motifs is 7. The third-order valence-corrected chi connectivity index (χ3v) is 9.98. The molecule has 3 aromatic heterocycles. The van der Waals surface area contributed by atoms with Gasteiger partial charge in [0.05, 0.1) is 32.8 Å². The number of hydrogen-bond donors (Lipinski definition) is 0. The predicted octanol–water partition coefficient (Wildman–Crippen LogP) is 10.8. The number of thiophene rings is 1. The number of nitrogens with zero attached hydrogens (tertiary/aromatic N) is 4. The van der Waals surface area contributed by atoms with E-state index in [1.165, 1.54) is 37.4 Å². The molecule has 0 saturated heterocycles. The zero-order valence-electron chi connectivity index (χ0n) is 23.4. The van der Waals surface area contributed by atoms with Crippen LogP contribution in [0.15, 0.2) is 134 Å². The van der Waals surface area contributed by atoms with Gasteiger partial charge in [-0.1, -0.05) is 97.1 Å². The fraction of sp³-hybridized carbons (Fsp3) is 0. The number of pyridine rings is 1. The topological polar surface area (TPSA) is 41.9 Å². The molecule has 0 radical (unpaired) electrons. The van der Waals surface area contributed by atoms with Crippen LogP contribution in [0.1, 0.15) is 0 Å². The SMILES string of the molecule is c1ccc2cc3c(cc2c1)-c1cccc2cccc(c12)N3c1nc(-c2cccc3cccnc23)c2sc3ccccc3c2n1. The van der Waals surface area contributed by atoms with Crippen molar-refractivity contribution in [3.05, 3.63) is 134 Å². The molecule has 6 aromatic carbocycles. The summed E-state index contributed by atoms with van der Waals surface area (Å²) in [5, 5.41) is 7.04. The number of benzene rings is 6. The Morgan fingerprint density at radius 3 is 2.16 bits per heavy atom. The van der Waals surface area contributed by atoms with E-state index in [0.29, 0.717) is 5.95 Å². The number of rotatable bonds is 2. The molecule has 0 amide bonds. The highest BCUT2D eigenvalue weighted by Crippen LogP contribution is 2.52. The Bertz CT molecular complexity index is 2630. The lowest BCUT2D eigenvalue weighted by Crippen LogP contribution is -2.18. The van der Waals surface area contributed by atoms with Crippen LogP contribution in [-0.4, -0.2) is 15.0 Å². The molecular weight excluding hydrogens is 557 g/mol. The molecule has 0 atom stereocenters. The minimum Gasteiger partial charge on any atom is -0.278 e. The van der Waals surface area contributed by atoms with Crippen molar-refractivity contribution in [2.45, 2.75) is 0 Å². The van der Waals surface area contributed by atoms with Crippen LogP contribution < -0.4 is 4.90 Å². The summed E-state index contributed by atoms with van der Waals surface area (Å²) in [6, 6.07) is 45.2. The van der Waals surface area contributed by atoms with Gasteiger partial charge in [-0.15, -0.1) is 11.3 Å². The van der Waals surface area contributed by atoms with Gasteiger partial charge >= 0.3 is 0 Å². The second kappa shape index (κ2) is 8.93. The lowest BCUT2D eigenvalue weighted by molar-refractivity contribution is 1.12. The maximum atomic E-state index is 5.46. The molecule has 0 saturated carbocycles. The maximum absolute atomic E-state index is 5.46. The van der Waals surface area contributed by atoms with Crippen molar-refractivity contribution in [2.75, 3.05) is 4.90 Å². The van der Waals surface area contributed by atoms with Gasteiger partial charge in [0.2, 0.25) is 5.95 Å². The van der Waals surface area contributed by atoms with E-state index in [9.17, 15) is 0 Å². The van der Waals surface area contributed by atoms with Gasteiger partial charge in [0.1, 0.15) is 0 Å². The molecule has 4 heterocycles. The van der Waals surface area contributed by atoms with Gasteiger partial charge in [-0.25, -0.2) is 9.97 Å². The van der Waals surface area contributed by atoms with E-state index in [2.05, 4.69) is 126 Å². The fourth-order valence-electron chi connectivity index (χ4n) is 6.86. The van der Waals surface area contributed by atoms with Crippen LogP contribution in [0.3, 0.4) is 0 Å². The molecule has 5 heteroatoms. The van der Waals surface area contributed by atoms with Crippen LogP contribution in [-0.2, 0) is 0 Å². The van der Waals surface area contributed by atoms with Crippen LogP contribution in [0.4, 0.5) is 17.3 Å². The van der Waals surface area contributed by atoms with E-state index < -0.39 is 0 Å². The molecule has 10 rings (SSSR count). The summed E-state index contributed by atoms with van der Waals surface area (Å²) in [7, 11) is 0. The van der Waals surface area contributed by atoms with Crippen molar-refractivity contribution in [1.29, 1.82) is 0 Å². The van der Waals surface area contributed by atoms with E-state index in [-0.39, 0.29) is 0 Å². The zero-order valence-corrected chi connectivity index (χ0v) is 24.2. The van der Waals surface area contributed by atoms with Gasteiger partial charge < -0.3 is 0 Å². The Hall–Kier alpha value is -5.65. The standard InChI is InChI=1S/C39H22N4S/c1-2-10-26-22-32-30(21-25(26)9-1)27-16-5-11-23-12-7-18-31(34(23)27)43(32)39-41-36-28-15-3-4-19-33(28)44-38(36)37(42-39)29-17-6-13-24-14-8-20-40-35(24)29/h1-22H. The van der Waals surface area contributed by atoms with Crippen LogP contribution in [0.2, 0.25) is 0 Å². The average Bonchev–Trinajstić information content (AvgIpc) is 3.46. The van der Waals surface area contributed by atoms with E-state index in [4.69, 9.17) is 15.0 Å². The van der Waals surface area contributed by atoms with Crippen LogP contribution in [0.25, 0.3) is 75.1 Å². The van der Waals surface area contributed by atoms with Crippen molar-refractivity contribution in [3.8, 4) is 22.4 Å². The molecule has 1 aliphatic rings. The molecule has 0 spiro atoms. The predicted molar refractivity (Wildman–Crippen MR) is 184 cm³/mol. The minimum atomic E-state index is 0.655. The van der Waals surface area contributed by atoms with Crippen molar-refractivity contribution >= 4 is 81.4 Å². The Morgan fingerprint density at radius 2 is 1.25 bits per heavy atom. The first-order chi connectivity index (χ1) is 21.8. The summed E-state index contributed by atoms with van der Waals surface area (Å²) >= 11 is 1.75. The Morgan fingerprint density at radius 1 is 0.523 bits per heavy atom. The molecule has 9 aromatic rings. The van der Waals surface area contributed by atoms with Crippen molar-refractivity contribution in [1.82, 2.24) is 15.0 Å². The zero-order chi connectivity index (χ0) is 28.8. The summed E-state index contributed by atoms with van der Waals surface area (Å²) in [4.78, 5) is 18.0. The van der Waals surface area contributed by atoms with E-state index in [1.54, 1.807) is 11.3 Å². The van der Waals surface area contributed by atoms with Gasteiger partial charge in [0.25, 0.3) is 0 Å². The number of para-hydroxylation sites is 1. The third kappa shape index (κ3) is 3.30. The lowest BCUT2D eigenvalue weighted by atomic mass is 9.89. The molecule has 0 N–H and O–H groups in total. The summed E-state index contributed by atoms with van der Waals surface area (Å²) in [6.45, 7) is 0. The number of anilines is 3. The maximum Gasteiger partial charge on any atom is 0.235 e. The highest BCUT2D eigenvalue weighted by Gasteiger charge is 2.29. The van der Waals surface area contributed by atoms with Gasteiger partial charge in [-0.2, -0.15) is 0 Å². The first kappa shape index (κ1) is 23.9. The van der Waals surface area contributed by atoms with E-state index in [0.717, 1.165) is 49.1 Å². The Kier molecular flexibility index (Phi) is 4.84. The van der Waals surface area contributed by atoms with Crippen LogP contribution in [0, 0.1) is 0 Å². The van der Waals surface area contributed by atoms with E-state index >= 15 is 0 Å². The summed E-state index contributed by atoms with van der Waals surface area (Å²) in [5.74, 6) is 0.655. The third-order valence-electron chi connectivity index (χ3n) is 8.81. The van der Waals surface area contributed by atoms with Gasteiger partial charge in [-0.3, -0.25) is 9.88 Å². The molecule has 1 aliphatic heterocycles. The molecular formula is C39H22N4S. The monoisotopic (exact) mass is 578 g/mol. The first-order valence-corrected chi connectivity index (χ1v) is 15.5. The Balaban J connectivity index is 1.36. The lowest BCUT2D eigenvalue weighted by Gasteiger charge is -2.32. The average molecular weight is 579 g/mol. The summed E-state index contributed by atoms with van der Waals surface area (Å²) in [6.07, 6.45) is 1.86. The van der Waals surface area contributed by atoms with Crippen molar-refractivity contribution in [2.24, 2.45) is 0 Å². The molecule has 0 fully saturated rings. The van der Waals surface area contributed by atoms with Crippen molar-refractivity contribution < 1.29 is 0 Å². The van der Waals surface area contributed by atoms with Crippen molar-refractivity contribution in [3.63, 3.8) is 0 Å². The fourth-order valence-corrected chi connectivity index (χ4v) is 8.01. The molecule has 4 nitrogen and oxygen atoms in total. The molecule has 44 heavy (non-hydrogen) atoms. The second-order valence-corrected chi connectivity index (χ2v) is 12.3. The van der Waals surface area contributed by atoms with Gasteiger partial charge in [0.15, 0.2) is 0 Å². The van der Waals surface area contributed by atoms with Gasteiger partial charge in [0, 0.05) is 38.2 Å². The number of aromatic nitrogens is 3. The smallest absolute Gasteiger partial charge is 0.235 e. The quantitative estimate of drug-likeness (QED) is 0.205. The molecule has 204 valence electrons. The molecule has 0 bridgehead atoms. The molecule has 0 aliphatic carbocycles. The number of hydrogen-bond acceptors (Lipinski definition) is 5. The Labute approximate surface area is 256 Å². The summed E-state index contributed by atoms with van der Waals surface area (Å²) in [5.41, 5.74) is 8.40. The highest BCUT2D eigenvalue weighted by atomic mass is 32.1. The second-order valence-electron chi connectivity index (χ2n) is 11.3. The summed E-state index contributed by atoms with van der Waals surface area (Å²) < 4.78 is 2.27. The van der Waals surface area contributed by atoms with E-state index in [1.807, 2.05) is 12.3 Å². The normalized spacial score (nSPS) is 12.5. The highest BCUT2D eigenvalue weighted by molar-refractivity contribution is 7.26. The largest absolute Gasteiger partial charge is 0.278 e. The van der Waals surface area contributed by atoms with Gasteiger partial charge in [-0.05, 0) is 52.1 Å². The minimum absolute atomic E-state index is 0.655.